The number of hydrogen-bond donors (Lipinski definition) is 0. The van der Waals surface area contributed by atoms with Crippen LogP contribution in [0.15, 0.2) is 12.2 Å². The third-order valence-corrected chi connectivity index (χ3v) is 7.25. The van der Waals surface area contributed by atoms with Crippen molar-refractivity contribution in [3.63, 3.8) is 0 Å². The van der Waals surface area contributed by atoms with Crippen LogP contribution in [-0.2, 0) is 23.7 Å². The molecule has 0 aromatic carbocycles. The molecule has 4 aliphatic rings. The molecule has 5 nitrogen and oxygen atoms in total. The van der Waals surface area contributed by atoms with Gasteiger partial charge in [-0.3, -0.25) is 4.79 Å². The molecule has 5 heteroatoms. The van der Waals surface area contributed by atoms with Gasteiger partial charge in [-0.05, 0) is 37.0 Å². The molecular formula is C20H30O5. The molecule has 0 amide bonds. The predicted molar refractivity (Wildman–Crippen MR) is 91.7 cm³/mol. The van der Waals surface area contributed by atoms with Crippen LogP contribution in [0, 0.1) is 29.1 Å². The highest BCUT2D eigenvalue weighted by Crippen LogP contribution is 2.62. The molecule has 1 unspecified atom stereocenters. The monoisotopic (exact) mass is 350 g/mol. The van der Waals surface area contributed by atoms with Gasteiger partial charge in [-0.2, -0.15) is 0 Å². The largest absolute Gasteiger partial charge is 0.348 e. The number of hydrogen-bond acceptors (Lipinski definition) is 5. The van der Waals surface area contributed by atoms with Crippen LogP contribution >= 0.6 is 0 Å². The van der Waals surface area contributed by atoms with Crippen molar-refractivity contribution in [2.24, 2.45) is 29.1 Å². The van der Waals surface area contributed by atoms with Gasteiger partial charge in [0.1, 0.15) is 0 Å². The van der Waals surface area contributed by atoms with Gasteiger partial charge in [0.2, 0.25) is 5.79 Å². The van der Waals surface area contributed by atoms with Gasteiger partial charge in [-0.1, -0.05) is 26.0 Å². The summed E-state index contributed by atoms with van der Waals surface area (Å²) >= 11 is 0. The van der Waals surface area contributed by atoms with E-state index >= 15 is 0 Å². The van der Waals surface area contributed by atoms with Crippen molar-refractivity contribution in [1.82, 2.24) is 0 Å². The first kappa shape index (κ1) is 17.7. The van der Waals surface area contributed by atoms with Crippen molar-refractivity contribution in [1.29, 1.82) is 0 Å². The minimum atomic E-state index is -1.07. The maximum atomic E-state index is 13.3. The Morgan fingerprint density at radius 3 is 2.64 bits per heavy atom. The number of allylic oxidation sites excluding steroid dienone is 2. The number of methoxy groups -OCH3 is 1. The summed E-state index contributed by atoms with van der Waals surface area (Å²) in [6, 6.07) is 0. The molecule has 2 aliphatic heterocycles. The Labute approximate surface area is 150 Å². The average Bonchev–Trinajstić information content (AvgIpc) is 3.19. The fourth-order valence-corrected chi connectivity index (χ4v) is 6.03. The van der Waals surface area contributed by atoms with Gasteiger partial charge < -0.3 is 18.9 Å². The van der Waals surface area contributed by atoms with E-state index in [2.05, 4.69) is 19.1 Å². The molecule has 0 bridgehead atoms. The second kappa shape index (κ2) is 5.88. The Bertz CT molecular complexity index is 581. The van der Waals surface area contributed by atoms with Crippen LogP contribution in [-0.4, -0.2) is 44.3 Å². The van der Waals surface area contributed by atoms with Gasteiger partial charge >= 0.3 is 0 Å². The molecule has 2 heterocycles. The minimum absolute atomic E-state index is 0.0851. The fraction of sp³-hybridized carbons (Fsp3) is 0.850. The summed E-state index contributed by atoms with van der Waals surface area (Å²) < 4.78 is 23.4. The second-order valence-corrected chi connectivity index (χ2v) is 8.55. The van der Waals surface area contributed by atoms with Crippen LogP contribution in [0.4, 0.5) is 0 Å². The standard InChI is InChI=1S/C20H30O5/c1-13-15(7-9-19(3)23-10-11-24-19)18(2)8-5-6-14-12-25-20(22-4,16(14)18)17(13)21/h5,8,13-16H,6-7,9-12H2,1-4H3/t13?,14-,15+,16+,18+,20+/m0/s1. The number of Topliss-reactive ketones (excluding diaryl/α,β-unsaturated/α-hetero) is 1. The van der Waals surface area contributed by atoms with E-state index in [1.54, 1.807) is 7.11 Å². The van der Waals surface area contributed by atoms with Crippen molar-refractivity contribution >= 4 is 5.78 Å². The van der Waals surface area contributed by atoms with Gasteiger partial charge in [0.15, 0.2) is 11.6 Å². The third kappa shape index (κ3) is 2.39. The van der Waals surface area contributed by atoms with Gasteiger partial charge in [-0.25, -0.2) is 0 Å². The zero-order valence-electron chi connectivity index (χ0n) is 15.7. The van der Waals surface area contributed by atoms with E-state index in [0.29, 0.717) is 25.7 Å². The molecule has 1 saturated carbocycles. The van der Waals surface area contributed by atoms with E-state index in [1.807, 2.05) is 13.8 Å². The van der Waals surface area contributed by atoms with Crippen molar-refractivity contribution in [2.75, 3.05) is 26.9 Å². The molecule has 6 atom stereocenters. The van der Waals surface area contributed by atoms with Gasteiger partial charge in [-0.15, -0.1) is 0 Å². The molecule has 2 saturated heterocycles. The SMILES string of the molecule is CO[C@]12OC[C@@H]3CC=C[C@](C)([C@H](CCC4(C)OCCO4)C(C)C1=O)[C@@H]32. The Kier molecular flexibility index (Phi) is 4.15. The molecule has 0 N–H and O–H groups in total. The Morgan fingerprint density at radius 1 is 1.24 bits per heavy atom. The van der Waals surface area contributed by atoms with Crippen LogP contribution in [0.2, 0.25) is 0 Å². The molecule has 140 valence electrons. The molecule has 4 rings (SSSR count). The van der Waals surface area contributed by atoms with Crippen molar-refractivity contribution in [3.05, 3.63) is 12.2 Å². The molecule has 2 aliphatic carbocycles. The summed E-state index contributed by atoms with van der Waals surface area (Å²) in [4.78, 5) is 13.3. The maximum Gasteiger partial charge on any atom is 0.233 e. The van der Waals surface area contributed by atoms with Gasteiger partial charge in [0, 0.05) is 25.4 Å². The Balaban J connectivity index is 1.66. The lowest BCUT2D eigenvalue weighted by molar-refractivity contribution is -0.247. The van der Waals surface area contributed by atoms with Crippen LogP contribution in [0.1, 0.15) is 40.0 Å². The number of carbonyl (C=O) groups excluding carboxylic acids is 1. The summed E-state index contributed by atoms with van der Waals surface area (Å²) in [5.41, 5.74) is -0.113. The van der Waals surface area contributed by atoms with E-state index in [1.165, 1.54) is 0 Å². The fourth-order valence-electron chi connectivity index (χ4n) is 6.03. The van der Waals surface area contributed by atoms with Crippen molar-refractivity contribution in [2.45, 2.75) is 51.6 Å². The maximum absolute atomic E-state index is 13.3. The third-order valence-electron chi connectivity index (χ3n) is 7.25. The first-order valence-corrected chi connectivity index (χ1v) is 9.55. The first-order chi connectivity index (χ1) is 11.9. The number of carbonyl (C=O) groups is 1. The molecule has 3 fully saturated rings. The predicted octanol–water partition coefficient (Wildman–Crippen LogP) is 2.94. The van der Waals surface area contributed by atoms with Gasteiger partial charge in [0.25, 0.3) is 0 Å². The number of ether oxygens (including phenoxy) is 4. The Morgan fingerprint density at radius 2 is 1.96 bits per heavy atom. The summed E-state index contributed by atoms with van der Waals surface area (Å²) in [5.74, 6) is -0.918. The lowest BCUT2D eigenvalue weighted by Crippen LogP contribution is -2.63. The summed E-state index contributed by atoms with van der Waals surface area (Å²) in [6.07, 6.45) is 7.26. The topological polar surface area (TPSA) is 54.0 Å². The molecule has 25 heavy (non-hydrogen) atoms. The van der Waals surface area contributed by atoms with E-state index in [9.17, 15) is 4.79 Å². The molecule has 0 radical (unpaired) electrons. The Hall–Kier alpha value is -0.750. The van der Waals surface area contributed by atoms with E-state index in [-0.39, 0.29) is 29.0 Å². The molecule has 0 aromatic rings. The van der Waals surface area contributed by atoms with Crippen LogP contribution in [0.3, 0.4) is 0 Å². The minimum Gasteiger partial charge on any atom is -0.348 e. The highest BCUT2D eigenvalue weighted by Gasteiger charge is 2.69. The summed E-state index contributed by atoms with van der Waals surface area (Å²) in [7, 11) is 1.62. The van der Waals surface area contributed by atoms with Crippen molar-refractivity contribution in [3.8, 4) is 0 Å². The molecule has 0 spiro atoms. The highest BCUT2D eigenvalue weighted by molar-refractivity contribution is 5.90. The van der Waals surface area contributed by atoms with Crippen LogP contribution in [0.5, 0.6) is 0 Å². The number of ketones is 1. The number of rotatable bonds is 4. The summed E-state index contributed by atoms with van der Waals surface area (Å²) in [5, 5.41) is 0. The summed E-state index contributed by atoms with van der Waals surface area (Å²) in [6.45, 7) is 8.24. The second-order valence-electron chi connectivity index (χ2n) is 8.55. The first-order valence-electron chi connectivity index (χ1n) is 9.55. The lowest BCUT2D eigenvalue weighted by atomic mass is 9.50. The van der Waals surface area contributed by atoms with Crippen LogP contribution in [0.25, 0.3) is 0 Å². The zero-order chi connectivity index (χ0) is 17.9. The molecule has 0 aromatic heterocycles. The van der Waals surface area contributed by atoms with Gasteiger partial charge in [0.05, 0.1) is 19.8 Å². The lowest BCUT2D eigenvalue weighted by Gasteiger charge is -2.55. The smallest absolute Gasteiger partial charge is 0.233 e. The van der Waals surface area contributed by atoms with E-state index < -0.39 is 11.6 Å². The molecular weight excluding hydrogens is 320 g/mol. The average molecular weight is 350 g/mol. The quantitative estimate of drug-likeness (QED) is 0.730. The normalized spacial score (nSPS) is 47.9. The van der Waals surface area contributed by atoms with Crippen molar-refractivity contribution < 1.29 is 23.7 Å². The van der Waals surface area contributed by atoms with E-state index in [4.69, 9.17) is 18.9 Å². The van der Waals surface area contributed by atoms with E-state index in [0.717, 1.165) is 19.3 Å². The zero-order valence-corrected chi connectivity index (χ0v) is 15.7. The highest BCUT2D eigenvalue weighted by atomic mass is 16.7. The van der Waals surface area contributed by atoms with Crippen LogP contribution < -0.4 is 0 Å².